The van der Waals surface area contributed by atoms with Crippen LogP contribution in [0.2, 0.25) is 0 Å². The van der Waals surface area contributed by atoms with E-state index < -0.39 is 11.3 Å². The lowest BCUT2D eigenvalue weighted by Crippen LogP contribution is -2.51. The number of hydrogen-bond acceptors (Lipinski definition) is 5. The number of nitrogens with zero attached hydrogens (tertiary/aromatic N) is 3. The summed E-state index contributed by atoms with van der Waals surface area (Å²) in [6.07, 6.45) is 9.98. The highest BCUT2D eigenvalue weighted by atomic mass is 16.3. The second-order valence-corrected chi connectivity index (χ2v) is 11.0. The van der Waals surface area contributed by atoms with E-state index in [1.807, 2.05) is 6.92 Å². The number of carbonyl (C=O) groups is 1. The van der Waals surface area contributed by atoms with Crippen molar-refractivity contribution in [1.82, 2.24) is 20.2 Å². The molecule has 4 saturated carbocycles. The Morgan fingerprint density at radius 3 is 2.66 bits per heavy atom. The van der Waals surface area contributed by atoms with Crippen LogP contribution in [-0.4, -0.2) is 36.7 Å². The maximum atomic E-state index is 13.1. The highest BCUT2D eigenvalue weighted by molar-refractivity contribution is 5.82. The van der Waals surface area contributed by atoms with Gasteiger partial charge in [0.1, 0.15) is 6.54 Å². The number of H-pyrrole nitrogens is 1. The van der Waals surface area contributed by atoms with Gasteiger partial charge in [0.2, 0.25) is 0 Å². The van der Waals surface area contributed by atoms with E-state index >= 15 is 0 Å². The largest absolute Gasteiger partial charge is 0.390 e. The zero-order valence-electron chi connectivity index (χ0n) is 17.6. The fourth-order valence-corrected chi connectivity index (χ4v) is 8.19. The van der Waals surface area contributed by atoms with Crippen molar-refractivity contribution in [3.05, 3.63) is 10.5 Å². The Morgan fingerprint density at radius 1 is 1.10 bits per heavy atom. The average Bonchev–Trinajstić information content (AvgIpc) is 3.23. The van der Waals surface area contributed by atoms with Crippen molar-refractivity contribution < 1.29 is 9.90 Å². The van der Waals surface area contributed by atoms with Crippen LogP contribution in [0.25, 0.3) is 0 Å². The number of carbonyl (C=O) groups excluding carboxylic acids is 1. The highest BCUT2D eigenvalue weighted by Crippen LogP contribution is 2.64. The molecule has 29 heavy (non-hydrogen) atoms. The van der Waals surface area contributed by atoms with Crippen LogP contribution >= 0.6 is 0 Å². The Morgan fingerprint density at radius 2 is 1.90 bits per heavy atom. The van der Waals surface area contributed by atoms with Crippen molar-refractivity contribution in [2.75, 3.05) is 0 Å². The quantitative estimate of drug-likeness (QED) is 0.809. The molecule has 0 aliphatic heterocycles. The van der Waals surface area contributed by atoms with E-state index in [0.717, 1.165) is 54.5 Å². The molecule has 0 saturated heterocycles. The van der Waals surface area contributed by atoms with Crippen LogP contribution in [0.15, 0.2) is 4.79 Å². The number of fused-ring (bicyclic) bond motifs is 5. The van der Waals surface area contributed by atoms with Crippen molar-refractivity contribution >= 4 is 5.78 Å². The second kappa shape index (κ2) is 6.76. The fraction of sp³-hybridized carbons (Fsp3) is 0.909. The molecule has 5 rings (SSSR count). The van der Waals surface area contributed by atoms with E-state index in [0.29, 0.717) is 11.8 Å². The Hall–Kier alpha value is -1.50. The summed E-state index contributed by atoms with van der Waals surface area (Å²) < 4.78 is 1.16. The van der Waals surface area contributed by atoms with Gasteiger partial charge in [-0.15, -0.1) is 0 Å². The van der Waals surface area contributed by atoms with Gasteiger partial charge in [-0.2, -0.15) is 4.68 Å². The molecule has 0 unspecified atom stereocenters. The number of tetrazole rings is 1. The SMILES string of the molecule is C[C@@]1(O)CC[C@H]2[C@H](CC[C@@H]3[C@@H]2CC[C@]2(C)[C@@H](C(=O)Cn4nn[nH]c4=O)CC[C@@H]32)C1. The van der Waals surface area contributed by atoms with E-state index in [1.165, 1.54) is 25.7 Å². The zero-order valence-corrected chi connectivity index (χ0v) is 17.6. The molecule has 4 aliphatic carbocycles. The number of aliphatic hydroxyl groups is 1. The van der Waals surface area contributed by atoms with Gasteiger partial charge in [-0.05, 0) is 110 Å². The molecule has 4 fully saturated rings. The molecule has 160 valence electrons. The minimum atomic E-state index is -0.471. The maximum absolute atomic E-state index is 13.1. The van der Waals surface area contributed by atoms with Crippen LogP contribution in [0, 0.1) is 40.9 Å². The summed E-state index contributed by atoms with van der Waals surface area (Å²) in [5, 5.41) is 20.1. The van der Waals surface area contributed by atoms with Crippen molar-refractivity contribution in [3.8, 4) is 0 Å². The van der Waals surface area contributed by atoms with E-state index in [4.69, 9.17) is 0 Å². The highest BCUT2D eigenvalue weighted by Gasteiger charge is 2.58. The third kappa shape index (κ3) is 3.11. The normalized spacial score (nSPS) is 46.6. The third-order valence-corrected chi connectivity index (χ3v) is 9.46. The Bertz CT molecular complexity index is 845. The monoisotopic (exact) mass is 402 g/mol. The first-order valence-electron chi connectivity index (χ1n) is 11.5. The van der Waals surface area contributed by atoms with Crippen LogP contribution < -0.4 is 5.69 Å². The first-order valence-corrected chi connectivity index (χ1v) is 11.5. The van der Waals surface area contributed by atoms with Gasteiger partial charge in [-0.1, -0.05) is 6.92 Å². The molecule has 1 heterocycles. The maximum Gasteiger partial charge on any atom is 0.361 e. The first kappa shape index (κ1) is 19.5. The number of aromatic amines is 1. The Labute approximate surface area is 171 Å². The van der Waals surface area contributed by atoms with Gasteiger partial charge >= 0.3 is 5.69 Å². The molecule has 0 bridgehead atoms. The van der Waals surface area contributed by atoms with Crippen LogP contribution in [0.4, 0.5) is 0 Å². The minimum absolute atomic E-state index is 0.0295. The number of aromatic nitrogens is 4. The number of rotatable bonds is 3. The molecule has 0 aromatic carbocycles. The lowest BCUT2D eigenvalue weighted by atomic mass is 9.49. The topological polar surface area (TPSA) is 101 Å². The summed E-state index contributed by atoms with van der Waals surface area (Å²) in [6, 6.07) is 0. The molecule has 0 spiro atoms. The lowest BCUT2D eigenvalue weighted by molar-refractivity contribution is -0.133. The molecular formula is C22H34N4O3. The molecule has 8 atom stereocenters. The van der Waals surface area contributed by atoms with Crippen molar-refractivity contribution in [2.45, 2.75) is 83.8 Å². The van der Waals surface area contributed by atoms with Crippen LogP contribution in [0.1, 0.15) is 71.6 Å². The first-order chi connectivity index (χ1) is 13.8. The summed E-state index contributed by atoms with van der Waals surface area (Å²) in [4.78, 5) is 24.8. The van der Waals surface area contributed by atoms with Gasteiger partial charge in [0.05, 0.1) is 5.60 Å². The minimum Gasteiger partial charge on any atom is -0.390 e. The van der Waals surface area contributed by atoms with Gasteiger partial charge in [0.25, 0.3) is 0 Å². The van der Waals surface area contributed by atoms with Crippen LogP contribution in [0.5, 0.6) is 0 Å². The second-order valence-electron chi connectivity index (χ2n) is 11.0. The smallest absolute Gasteiger partial charge is 0.361 e. The predicted molar refractivity (Wildman–Crippen MR) is 107 cm³/mol. The number of nitrogens with one attached hydrogen (secondary N) is 1. The third-order valence-electron chi connectivity index (χ3n) is 9.46. The Kier molecular flexibility index (Phi) is 4.53. The molecule has 0 radical (unpaired) electrons. The molecular weight excluding hydrogens is 368 g/mol. The van der Waals surface area contributed by atoms with E-state index in [2.05, 4.69) is 22.4 Å². The van der Waals surface area contributed by atoms with Crippen molar-refractivity contribution in [3.63, 3.8) is 0 Å². The van der Waals surface area contributed by atoms with E-state index in [-0.39, 0.29) is 23.7 Å². The van der Waals surface area contributed by atoms with Crippen LogP contribution in [-0.2, 0) is 11.3 Å². The average molecular weight is 403 g/mol. The summed E-state index contributed by atoms with van der Waals surface area (Å²) in [5.41, 5.74) is -0.826. The summed E-state index contributed by atoms with van der Waals surface area (Å²) in [7, 11) is 0. The molecule has 7 heteroatoms. The van der Waals surface area contributed by atoms with Gasteiger partial charge < -0.3 is 5.11 Å². The lowest BCUT2D eigenvalue weighted by Gasteiger charge is -2.56. The van der Waals surface area contributed by atoms with Gasteiger partial charge in [-0.3, -0.25) is 4.79 Å². The van der Waals surface area contributed by atoms with Gasteiger partial charge in [-0.25, -0.2) is 9.89 Å². The molecule has 0 amide bonds. The number of Topliss-reactive ketones (excluding diaryl/α,β-unsaturated/α-hetero) is 1. The Balaban J connectivity index is 1.33. The predicted octanol–water partition coefficient (Wildman–Crippen LogP) is 2.56. The molecule has 4 aliphatic rings. The fourth-order valence-electron chi connectivity index (χ4n) is 8.19. The van der Waals surface area contributed by atoms with Crippen LogP contribution in [0.3, 0.4) is 0 Å². The standard InChI is InChI=1S/C22H34N4O3/c1-21(29)9-7-14-13(11-21)3-4-16-15(14)8-10-22(2)17(16)5-6-18(22)19(27)12-26-20(28)23-24-25-26/h13-18,29H,3-12H2,1-2H3,(H,23,25,28)/t13-,14+,15-,16-,17+,18-,21-,22+/m1/s1. The molecule has 7 nitrogen and oxygen atoms in total. The van der Waals surface area contributed by atoms with Crippen molar-refractivity contribution in [1.29, 1.82) is 0 Å². The van der Waals surface area contributed by atoms with Crippen molar-refractivity contribution in [2.24, 2.45) is 40.9 Å². The summed E-state index contributed by atoms with van der Waals surface area (Å²) >= 11 is 0. The van der Waals surface area contributed by atoms with E-state index in [9.17, 15) is 14.7 Å². The zero-order chi connectivity index (χ0) is 20.4. The van der Waals surface area contributed by atoms with Gasteiger partial charge in [0.15, 0.2) is 5.78 Å². The molecule has 1 aromatic rings. The molecule has 1 aromatic heterocycles. The number of hydrogen-bond donors (Lipinski definition) is 2. The van der Waals surface area contributed by atoms with E-state index in [1.54, 1.807) is 0 Å². The van der Waals surface area contributed by atoms with Gasteiger partial charge in [0, 0.05) is 5.92 Å². The molecule has 2 N–H and O–H groups in total. The summed E-state index contributed by atoms with van der Waals surface area (Å²) in [5.74, 6) is 3.74. The summed E-state index contributed by atoms with van der Waals surface area (Å²) in [6.45, 7) is 4.39. The number of ketones is 1.